The van der Waals surface area contributed by atoms with Crippen LogP contribution in [0.1, 0.15) is 18.5 Å². The fourth-order valence-electron chi connectivity index (χ4n) is 2.96. The average Bonchev–Trinajstić information content (AvgIpc) is 2.90. The summed E-state index contributed by atoms with van der Waals surface area (Å²) >= 11 is 0. The number of nitrogens with zero attached hydrogens (tertiary/aromatic N) is 2. The van der Waals surface area contributed by atoms with Crippen molar-refractivity contribution in [2.24, 2.45) is 18.9 Å². The summed E-state index contributed by atoms with van der Waals surface area (Å²) < 4.78 is 7.84. The maximum atomic E-state index is 6.05. The standard InChI is InChI=1S/C14H19N3O/c1-17-11(8-14(15)16-17)9-18-13-7-6-10-4-2-3-5-12(10)13/h2-5,8,10,12-13H,6-7,9H2,1H3,(H2,15,16). The lowest BCUT2D eigenvalue weighted by Gasteiger charge is -2.22. The molecule has 0 aliphatic heterocycles. The Balaban J connectivity index is 1.62. The molecular formula is C14H19N3O. The maximum Gasteiger partial charge on any atom is 0.145 e. The summed E-state index contributed by atoms with van der Waals surface area (Å²) in [6.45, 7) is 0.589. The number of hydrogen-bond donors (Lipinski definition) is 1. The van der Waals surface area contributed by atoms with Gasteiger partial charge < -0.3 is 10.5 Å². The Bertz CT molecular complexity index is 489. The first-order chi connectivity index (χ1) is 8.74. The van der Waals surface area contributed by atoms with Crippen LogP contribution in [0.3, 0.4) is 0 Å². The van der Waals surface area contributed by atoms with E-state index in [9.17, 15) is 0 Å². The number of nitrogen functional groups attached to an aromatic ring is 1. The molecule has 1 aromatic heterocycles. The van der Waals surface area contributed by atoms with Gasteiger partial charge in [-0.15, -0.1) is 0 Å². The van der Waals surface area contributed by atoms with Crippen molar-refractivity contribution in [3.63, 3.8) is 0 Å². The number of hydrogen-bond acceptors (Lipinski definition) is 3. The molecular weight excluding hydrogens is 226 g/mol. The summed E-state index contributed by atoms with van der Waals surface area (Å²) in [5.41, 5.74) is 6.70. The number of nitrogens with two attached hydrogens (primary N) is 1. The van der Waals surface area contributed by atoms with Gasteiger partial charge in [-0.25, -0.2) is 0 Å². The van der Waals surface area contributed by atoms with Crippen LogP contribution in [-0.2, 0) is 18.4 Å². The molecule has 2 aliphatic carbocycles. The zero-order valence-corrected chi connectivity index (χ0v) is 10.6. The Kier molecular flexibility index (Phi) is 2.96. The number of ether oxygens (including phenoxy) is 1. The number of allylic oxidation sites excluding steroid dienone is 3. The van der Waals surface area contributed by atoms with Crippen LogP contribution in [0.25, 0.3) is 0 Å². The van der Waals surface area contributed by atoms with Gasteiger partial charge in [0, 0.05) is 19.0 Å². The first kappa shape index (κ1) is 11.5. The van der Waals surface area contributed by atoms with E-state index in [1.54, 1.807) is 4.68 Å². The molecule has 1 saturated carbocycles. The van der Waals surface area contributed by atoms with Crippen molar-refractivity contribution in [3.05, 3.63) is 36.1 Å². The van der Waals surface area contributed by atoms with Crippen molar-refractivity contribution in [2.45, 2.75) is 25.6 Å². The van der Waals surface area contributed by atoms with Crippen LogP contribution >= 0.6 is 0 Å². The van der Waals surface area contributed by atoms with Gasteiger partial charge in [0.1, 0.15) is 5.82 Å². The third-order valence-electron chi connectivity index (χ3n) is 3.95. The highest BCUT2D eigenvalue weighted by Gasteiger charge is 2.34. The van der Waals surface area contributed by atoms with Crippen molar-refractivity contribution < 1.29 is 4.74 Å². The first-order valence-corrected chi connectivity index (χ1v) is 6.49. The molecule has 1 heterocycles. The predicted molar refractivity (Wildman–Crippen MR) is 70.7 cm³/mol. The van der Waals surface area contributed by atoms with Crippen molar-refractivity contribution in [3.8, 4) is 0 Å². The van der Waals surface area contributed by atoms with Crippen LogP contribution in [0.2, 0.25) is 0 Å². The highest BCUT2D eigenvalue weighted by molar-refractivity contribution is 5.29. The molecule has 4 heteroatoms. The van der Waals surface area contributed by atoms with Gasteiger partial charge in [-0.1, -0.05) is 24.3 Å². The molecule has 0 bridgehead atoms. The van der Waals surface area contributed by atoms with Gasteiger partial charge >= 0.3 is 0 Å². The lowest BCUT2D eigenvalue weighted by molar-refractivity contribution is 0.0208. The molecule has 1 aromatic rings. The zero-order valence-electron chi connectivity index (χ0n) is 10.6. The minimum atomic E-state index is 0.326. The number of fused-ring (bicyclic) bond motifs is 1. The van der Waals surface area contributed by atoms with Gasteiger partial charge in [0.25, 0.3) is 0 Å². The third kappa shape index (κ3) is 2.08. The highest BCUT2D eigenvalue weighted by Crippen LogP contribution is 2.38. The first-order valence-electron chi connectivity index (χ1n) is 6.49. The van der Waals surface area contributed by atoms with Gasteiger partial charge in [-0.3, -0.25) is 4.68 Å². The lowest BCUT2D eigenvalue weighted by atomic mass is 9.91. The van der Waals surface area contributed by atoms with Crippen LogP contribution in [0.5, 0.6) is 0 Å². The summed E-state index contributed by atoms with van der Waals surface area (Å²) in [6.07, 6.45) is 11.5. The molecule has 18 heavy (non-hydrogen) atoms. The number of aromatic nitrogens is 2. The van der Waals surface area contributed by atoms with Gasteiger partial charge in [0.15, 0.2) is 0 Å². The second-order valence-electron chi connectivity index (χ2n) is 5.12. The Morgan fingerprint density at radius 1 is 1.39 bits per heavy atom. The minimum Gasteiger partial charge on any atom is -0.382 e. The zero-order chi connectivity index (χ0) is 12.5. The molecule has 0 amide bonds. The van der Waals surface area contributed by atoms with Crippen LogP contribution in [0.4, 0.5) is 5.82 Å². The largest absolute Gasteiger partial charge is 0.382 e. The molecule has 3 rings (SSSR count). The molecule has 1 fully saturated rings. The van der Waals surface area contributed by atoms with Crippen molar-refractivity contribution in [1.29, 1.82) is 0 Å². The van der Waals surface area contributed by atoms with Gasteiger partial charge in [-0.05, 0) is 18.8 Å². The van der Waals surface area contributed by atoms with Crippen molar-refractivity contribution in [1.82, 2.24) is 9.78 Å². The van der Waals surface area contributed by atoms with E-state index in [2.05, 4.69) is 29.4 Å². The van der Waals surface area contributed by atoms with Gasteiger partial charge in [0.2, 0.25) is 0 Å². The fraction of sp³-hybridized carbons (Fsp3) is 0.500. The SMILES string of the molecule is Cn1nc(N)cc1COC1CCC2C=CC=CC21. The second kappa shape index (κ2) is 4.61. The molecule has 2 aliphatic rings. The van der Waals surface area contributed by atoms with Crippen LogP contribution < -0.4 is 5.73 Å². The molecule has 0 saturated heterocycles. The van der Waals surface area contributed by atoms with E-state index >= 15 is 0 Å². The monoisotopic (exact) mass is 245 g/mol. The molecule has 0 spiro atoms. The normalized spacial score (nSPS) is 29.7. The predicted octanol–water partition coefficient (Wildman–Crippen LogP) is 2.04. The Hall–Kier alpha value is -1.55. The maximum absolute atomic E-state index is 6.05. The summed E-state index contributed by atoms with van der Waals surface area (Å²) in [5, 5.41) is 4.13. The smallest absolute Gasteiger partial charge is 0.145 e. The molecule has 2 N–H and O–H groups in total. The van der Waals surface area contributed by atoms with Crippen LogP contribution in [0.15, 0.2) is 30.4 Å². The molecule has 4 nitrogen and oxygen atoms in total. The average molecular weight is 245 g/mol. The number of anilines is 1. The lowest BCUT2D eigenvalue weighted by Crippen LogP contribution is -2.21. The second-order valence-corrected chi connectivity index (χ2v) is 5.12. The Morgan fingerprint density at radius 3 is 3.00 bits per heavy atom. The fourth-order valence-corrected chi connectivity index (χ4v) is 2.96. The molecule has 0 radical (unpaired) electrons. The summed E-state index contributed by atoms with van der Waals surface area (Å²) in [4.78, 5) is 0. The molecule has 3 unspecified atom stereocenters. The van der Waals surface area contributed by atoms with E-state index in [4.69, 9.17) is 10.5 Å². The molecule has 3 atom stereocenters. The highest BCUT2D eigenvalue weighted by atomic mass is 16.5. The van der Waals surface area contributed by atoms with Crippen molar-refractivity contribution >= 4 is 5.82 Å². The number of rotatable bonds is 3. The van der Waals surface area contributed by atoms with E-state index in [0.29, 0.717) is 30.4 Å². The summed E-state index contributed by atoms with van der Waals surface area (Å²) in [5.74, 6) is 1.76. The minimum absolute atomic E-state index is 0.326. The van der Waals surface area contributed by atoms with E-state index in [-0.39, 0.29) is 0 Å². The molecule has 0 aromatic carbocycles. The third-order valence-corrected chi connectivity index (χ3v) is 3.95. The number of aryl methyl sites for hydroxylation is 1. The topological polar surface area (TPSA) is 53.1 Å². The van der Waals surface area contributed by atoms with E-state index in [0.717, 1.165) is 12.1 Å². The van der Waals surface area contributed by atoms with Crippen LogP contribution in [0, 0.1) is 11.8 Å². The summed E-state index contributed by atoms with van der Waals surface area (Å²) in [6, 6.07) is 1.88. The van der Waals surface area contributed by atoms with Crippen molar-refractivity contribution in [2.75, 3.05) is 5.73 Å². The van der Waals surface area contributed by atoms with E-state index in [1.165, 1.54) is 6.42 Å². The van der Waals surface area contributed by atoms with Crippen LogP contribution in [-0.4, -0.2) is 15.9 Å². The Morgan fingerprint density at radius 2 is 2.22 bits per heavy atom. The quantitative estimate of drug-likeness (QED) is 0.886. The van der Waals surface area contributed by atoms with E-state index < -0.39 is 0 Å². The van der Waals surface area contributed by atoms with Gasteiger partial charge in [-0.2, -0.15) is 5.10 Å². The Labute approximate surface area is 107 Å². The van der Waals surface area contributed by atoms with E-state index in [1.807, 2.05) is 13.1 Å². The summed E-state index contributed by atoms with van der Waals surface area (Å²) in [7, 11) is 1.90. The van der Waals surface area contributed by atoms with Gasteiger partial charge in [0.05, 0.1) is 18.4 Å². The molecule has 96 valence electrons.